The first-order chi connectivity index (χ1) is 18.4. The van der Waals surface area contributed by atoms with Crippen molar-refractivity contribution >= 4 is 17.9 Å². The molecule has 0 aliphatic rings. The molecule has 1 aromatic rings. The molecule has 0 aromatic heterocycles. The van der Waals surface area contributed by atoms with E-state index in [0.717, 1.165) is 43.2 Å². The second kappa shape index (κ2) is 17.9. The van der Waals surface area contributed by atoms with Crippen molar-refractivity contribution in [2.75, 3.05) is 13.1 Å². The largest absolute Gasteiger partial charge is 0.444 e. The van der Waals surface area contributed by atoms with Crippen LogP contribution in [0.15, 0.2) is 24.3 Å². The van der Waals surface area contributed by atoms with Gasteiger partial charge < -0.3 is 20.3 Å². The molecular weight excluding hydrogens is 490 g/mol. The van der Waals surface area contributed by atoms with Crippen LogP contribution in [0.25, 0.3) is 0 Å². The normalized spacial score (nSPS) is 13.7. The Balaban J connectivity index is 3.43. The molecule has 0 spiro atoms. The summed E-state index contributed by atoms with van der Waals surface area (Å²) in [7, 11) is 0. The van der Waals surface area contributed by atoms with Gasteiger partial charge in [0.05, 0.1) is 0 Å². The van der Waals surface area contributed by atoms with Gasteiger partial charge in [-0.25, -0.2) is 4.79 Å². The molecule has 1 aromatic carbocycles. The van der Waals surface area contributed by atoms with Crippen LogP contribution in [-0.2, 0) is 14.3 Å². The highest BCUT2D eigenvalue weighted by Gasteiger charge is 2.37. The van der Waals surface area contributed by atoms with Gasteiger partial charge in [-0.1, -0.05) is 102 Å². The van der Waals surface area contributed by atoms with Crippen LogP contribution < -0.4 is 10.6 Å². The average Bonchev–Trinajstić information content (AvgIpc) is 2.86. The van der Waals surface area contributed by atoms with Crippen molar-refractivity contribution in [3.63, 3.8) is 0 Å². The molecule has 39 heavy (non-hydrogen) atoms. The fourth-order valence-corrected chi connectivity index (χ4v) is 4.52. The van der Waals surface area contributed by atoms with Gasteiger partial charge in [0.2, 0.25) is 11.8 Å². The Morgan fingerprint density at radius 2 is 1.59 bits per heavy atom. The topological polar surface area (TPSA) is 87.7 Å². The van der Waals surface area contributed by atoms with Crippen LogP contribution in [0.3, 0.4) is 0 Å². The van der Waals surface area contributed by atoms with E-state index in [1.165, 1.54) is 19.3 Å². The van der Waals surface area contributed by atoms with Crippen LogP contribution >= 0.6 is 0 Å². The SMILES string of the molecule is CCCCCCCCN(C(=O)C(NC(=O)OC(C)(C)C)C(C)CC)C(C(=O)NCCCC)c1cccc(C)c1. The summed E-state index contributed by atoms with van der Waals surface area (Å²) in [5, 5.41) is 5.91. The van der Waals surface area contributed by atoms with Gasteiger partial charge in [0, 0.05) is 13.1 Å². The number of hydrogen-bond donors (Lipinski definition) is 2. The maximum absolute atomic E-state index is 14.3. The number of aryl methyl sites for hydroxylation is 1. The van der Waals surface area contributed by atoms with Crippen molar-refractivity contribution in [3.8, 4) is 0 Å². The van der Waals surface area contributed by atoms with E-state index in [4.69, 9.17) is 4.74 Å². The van der Waals surface area contributed by atoms with Crippen molar-refractivity contribution < 1.29 is 19.1 Å². The van der Waals surface area contributed by atoms with Crippen molar-refractivity contribution in [2.45, 2.75) is 131 Å². The number of benzene rings is 1. The molecule has 0 saturated heterocycles. The van der Waals surface area contributed by atoms with E-state index in [1.807, 2.05) is 45.0 Å². The highest BCUT2D eigenvalue weighted by Crippen LogP contribution is 2.26. The minimum atomic E-state index is -0.805. The molecule has 3 unspecified atom stereocenters. The third-order valence-corrected chi connectivity index (χ3v) is 6.93. The Morgan fingerprint density at radius 1 is 0.949 bits per heavy atom. The number of hydrogen-bond acceptors (Lipinski definition) is 4. The first-order valence-electron chi connectivity index (χ1n) is 15.1. The fourth-order valence-electron chi connectivity index (χ4n) is 4.52. The molecule has 222 valence electrons. The Morgan fingerprint density at radius 3 is 2.18 bits per heavy atom. The Bertz CT molecular complexity index is 880. The van der Waals surface area contributed by atoms with E-state index in [-0.39, 0.29) is 17.7 Å². The molecule has 0 heterocycles. The van der Waals surface area contributed by atoms with Gasteiger partial charge in [-0.15, -0.1) is 0 Å². The van der Waals surface area contributed by atoms with Crippen LogP contribution in [0.5, 0.6) is 0 Å². The minimum Gasteiger partial charge on any atom is -0.444 e. The maximum atomic E-state index is 14.3. The summed E-state index contributed by atoms with van der Waals surface area (Å²) in [5.74, 6) is -0.576. The second-order valence-electron chi connectivity index (χ2n) is 11.8. The number of ether oxygens (including phenoxy) is 1. The molecule has 0 aliphatic carbocycles. The lowest BCUT2D eigenvalue weighted by molar-refractivity contribution is -0.143. The van der Waals surface area contributed by atoms with Gasteiger partial charge in [-0.2, -0.15) is 0 Å². The van der Waals surface area contributed by atoms with Crippen LogP contribution in [0.1, 0.15) is 123 Å². The lowest BCUT2D eigenvalue weighted by atomic mass is 9.95. The van der Waals surface area contributed by atoms with E-state index in [9.17, 15) is 14.4 Å². The predicted octanol–water partition coefficient (Wildman–Crippen LogP) is 7.08. The van der Waals surface area contributed by atoms with Crippen LogP contribution in [0.4, 0.5) is 4.79 Å². The molecular formula is C32H55N3O4. The molecule has 7 nitrogen and oxygen atoms in total. The van der Waals surface area contributed by atoms with E-state index < -0.39 is 23.8 Å². The first-order valence-corrected chi connectivity index (χ1v) is 15.1. The molecule has 0 radical (unpaired) electrons. The zero-order valence-corrected chi connectivity index (χ0v) is 25.9. The summed E-state index contributed by atoms with van der Waals surface area (Å²) >= 11 is 0. The van der Waals surface area contributed by atoms with Crippen LogP contribution in [-0.4, -0.2) is 47.5 Å². The average molecular weight is 546 g/mol. The van der Waals surface area contributed by atoms with Gasteiger partial charge in [0.1, 0.15) is 17.7 Å². The number of nitrogens with one attached hydrogen (secondary N) is 2. The molecule has 0 aliphatic heterocycles. The maximum Gasteiger partial charge on any atom is 0.408 e. The minimum absolute atomic E-state index is 0.140. The highest BCUT2D eigenvalue weighted by molar-refractivity contribution is 5.92. The van der Waals surface area contributed by atoms with Gasteiger partial charge in [0.25, 0.3) is 0 Å². The molecule has 3 atom stereocenters. The molecule has 0 bridgehead atoms. The monoisotopic (exact) mass is 545 g/mol. The summed E-state index contributed by atoms with van der Waals surface area (Å²) in [4.78, 5) is 42.5. The molecule has 0 saturated carbocycles. The molecule has 3 amide bonds. The quantitative estimate of drug-likeness (QED) is 0.205. The van der Waals surface area contributed by atoms with E-state index in [0.29, 0.717) is 19.5 Å². The van der Waals surface area contributed by atoms with Gasteiger partial charge in [0.15, 0.2) is 0 Å². The van der Waals surface area contributed by atoms with Gasteiger partial charge in [-0.3, -0.25) is 9.59 Å². The van der Waals surface area contributed by atoms with Crippen molar-refractivity contribution in [1.29, 1.82) is 0 Å². The van der Waals surface area contributed by atoms with Crippen molar-refractivity contribution in [1.82, 2.24) is 15.5 Å². The lowest BCUT2D eigenvalue weighted by Gasteiger charge is -2.36. The predicted molar refractivity (Wildman–Crippen MR) is 160 cm³/mol. The van der Waals surface area contributed by atoms with E-state index >= 15 is 0 Å². The van der Waals surface area contributed by atoms with Gasteiger partial charge >= 0.3 is 6.09 Å². The number of alkyl carbamates (subject to hydrolysis) is 1. The third kappa shape index (κ3) is 12.9. The zero-order chi connectivity index (χ0) is 29.4. The summed E-state index contributed by atoms with van der Waals surface area (Å²) in [6, 6.07) is 6.22. The molecule has 1 rings (SSSR count). The van der Waals surface area contributed by atoms with Crippen LogP contribution in [0.2, 0.25) is 0 Å². The molecule has 2 N–H and O–H groups in total. The fraction of sp³-hybridized carbons (Fsp3) is 0.719. The molecule has 7 heteroatoms. The van der Waals surface area contributed by atoms with Gasteiger partial charge in [-0.05, 0) is 52.0 Å². The summed E-state index contributed by atoms with van der Waals surface area (Å²) < 4.78 is 5.50. The number of rotatable bonds is 17. The van der Waals surface area contributed by atoms with Crippen molar-refractivity contribution in [2.24, 2.45) is 5.92 Å². The summed E-state index contributed by atoms with van der Waals surface area (Å²) in [6.07, 6.45) is 8.30. The summed E-state index contributed by atoms with van der Waals surface area (Å²) in [6.45, 7) is 16.6. The third-order valence-electron chi connectivity index (χ3n) is 6.93. The Kier molecular flexibility index (Phi) is 15.8. The number of amides is 3. The second-order valence-corrected chi connectivity index (χ2v) is 11.8. The van der Waals surface area contributed by atoms with E-state index in [1.54, 1.807) is 25.7 Å². The number of unbranched alkanes of at least 4 members (excludes halogenated alkanes) is 6. The number of carbonyl (C=O) groups excluding carboxylic acids is 3. The first kappa shape index (κ1) is 34.5. The zero-order valence-electron chi connectivity index (χ0n) is 25.9. The van der Waals surface area contributed by atoms with E-state index in [2.05, 4.69) is 24.5 Å². The number of carbonyl (C=O) groups is 3. The standard InChI is InChI=1S/C32H55N3O4/c1-9-12-14-15-16-17-22-35(30(37)27(25(5)11-3)34-31(38)39-32(6,7)8)28(29(36)33-21-13-10-2)26-20-18-19-24(4)23-26/h18-20,23,25,27-28H,9-17,21-22H2,1-8H3,(H,33,36)(H,34,38). The molecule has 0 fully saturated rings. The highest BCUT2D eigenvalue weighted by atomic mass is 16.6. The Hall–Kier alpha value is -2.57. The van der Waals surface area contributed by atoms with Crippen LogP contribution in [0, 0.1) is 12.8 Å². The Labute approximate surface area is 237 Å². The smallest absolute Gasteiger partial charge is 0.408 e. The summed E-state index contributed by atoms with van der Waals surface area (Å²) in [5.41, 5.74) is 1.12. The lowest BCUT2D eigenvalue weighted by Crippen LogP contribution is -2.55. The number of nitrogens with zero attached hydrogens (tertiary/aromatic N) is 1. The van der Waals surface area contributed by atoms with Crippen molar-refractivity contribution in [3.05, 3.63) is 35.4 Å².